The molecule has 4 fully saturated rings. The van der Waals surface area contributed by atoms with Crippen LogP contribution in [0.15, 0.2) is 42.5 Å². The first-order chi connectivity index (χ1) is 13.8. The van der Waals surface area contributed by atoms with Crippen molar-refractivity contribution in [3.05, 3.63) is 63.9 Å². The zero-order valence-electron chi connectivity index (χ0n) is 15.7. The number of carbonyl (C=O) groups is 2. The van der Waals surface area contributed by atoms with Gasteiger partial charge >= 0.3 is 0 Å². The monoisotopic (exact) mass is 431 g/mol. The first-order valence-corrected chi connectivity index (χ1v) is 10.6. The fraction of sp³-hybridized carbons (Fsp3) is 0.391. The highest BCUT2D eigenvalue weighted by Crippen LogP contribution is 2.85. The Hall–Kier alpha value is -1.91. The number of rotatable bonds is 6. The van der Waals surface area contributed by atoms with Gasteiger partial charge in [-0.25, -0.2) is 4.39 Å². The molecule has 1 N–H and O–H groups in total. The van der Waals surface area contributed by atoms with E-state index in [0.717, 1.165) is 32.1 Å². The second kappa shape index (κ2) is 6.29. The van der Waals surface area contributed by atoms with E-state index in [1.165, 1.54) is 12.1 Å². The summed E-state index contributed by atoms with van der Waals surface area (Å²) in [5, 5.41) is 3.79. The van der Waals surface area contributed by atoms with Crippen molar-refractivity contribution in [3.63, 3.8) is 0 Å². The van der Waals surface area contributed by atoms with E-state index in [1.54, 1.807) is 30.3 Å². The average molecular weight is 432 g/mol. The maximum atomic E-state index is 13.1. The highest BCUT2D eigenvalue weighted by atomic mass is 35.5. The number of benzene rings is 2. The van der Waals surface area contributed by atoms with Crippen LogP contribution in [0.4, 0.5) is 10.1 Å². The lowest BCUT2D eigenvalue weighted by molar-refractivity contribution is -0.237. The molecule has 0 aromatic heterocycles. The quantitative estimate of drug-likeness (QED) is 0.545. The van der Waals surface area contributed by atoms with Crippen molar-refractivity contribution < 1.29 is 14.0 Å². The molecule has 0 radical (unpaired) electrons. The number of Topliss-reactive ketones (excluding diaryl/α,β-unsaturated/α-hetero) is 1. The first kappa shape index (κ1) is 19.1. The summed E-state index contributed by atoms with van der Waals surface area (Å²) in [6.07, 6.45) is 5.02. The van der Waals surface area contributed by atoms with Crippen molar-refractivity contribution in [3.8, 4) is 0 Å². The predicted octanol–water partition coefficient (Wildman–Crippen LogP) is 6.29. The molecule has 1 amide bonds. The third-order valence-corrected chi connectivity index (χ3v) is 7.96. The van der Waals surface area contributed by atoms with Gasteiger partial charge in [-0.15, -0.1) is 0 Å². The van der Waals surface area contributed by atoms with Crippen molar-refractivity contribution in [2.24, 2.45) is 16.2 Å². The molecule has 2 aromatic rings. The van der Waals surface area contributed by atoms with Gasteiger partial charge in [0.05, 0.1) is 15.5 Å². The lowest BCUT2D eigenvalue weighted by Gasteiger charge is -2.74. The molecule has 150 valence electrons. The van der Waals surface area contributed by atoms with Gasteiger partial charge < -0.3 is 5.32 Å². The smallest absolute Gasteiger partial charge is 0.231 e. The number of ketones is 1. The molecule has 0 spiro atoms. The van der Waals surface area contributed by atoms with E-state index < -0.39 is 0 Å². The van der Waals surface area contributed by atoms with Crippen LogP contribution in [-0.2, 0) is 4.79 Å². The molecule has 0 aliphatic heterocycles. The van der Waals surface area contributed by atoms with E-state index >= 15 is 0 Å². The van der Waals surface area contributed by atoms with Crippen LogP contribution in [0.25, 0.3) is 0 Å². The van der Waals surface area contributed by atoms with Gasteiger partial charge in [-0.2, -0.15) is 0 Å². The number of halogens is 3. The van der Waals surface area contributed by atoms with Crippen LogP contribution in [0.3, 0.4) is 0 Å². The minimum atomic E-state index is -0.324. The van der Waals surface area contributed by atoms with E-state index in [-0.39, 0.29) is 33.8 Å². The van der Waals surface area contributed by atoms with Gasteiger partial charge in [0.2, 0.25) is 5.91 Å². The molecular formula is C23H20Cl2FNO2. The molecule has 29 heavy (non-hydrogen) atoms. The van der Waals surface area contributed by atoms with Crippen molar-refractivity contribution in [1.82, 2.24) is 0 Å². The Kier molecular flexibility index (Phi) is 4.14. The number of anilines is 1. The summed E-state index contributed by atoms with van der Waals surface area (Å²) in [5.74, 6) is -0.206. The first-order valence-electron chi connectivity index (χ1n) is 9.82. The zero-order chi connectivity index (χ0) is 20.4. The van der Waals surface area contributed by atoms with E-state index in [0.29, 0.717) is 27.7 Å². The van der Waals surface area contributed by atoms with E-state index in [4.69, 9.17) is 23.2 Å². The number of hydrogen-bond donors (Lipinski definition) is 1. The third kappa shape index (κ3) is 2.91. The van der Waals surface area contributed by atoms with Gasteiger partial charge in [0, 0.05) is 17.7 Å². The maximum absolute atomic E-state index is 13.1. The molecular weight excluding hydrogens is 412 g/mol. The predicted molar refractivity (Wildman–Crippen MR) is 111 cm³/mol. The summed E-state index contributed by atoms with van der Waals surface area (Å²) >= 11 is 12.0. The standard InChI is InChI=1S/C23H20Cl2FNO2/c24-17-6-1-14(9-18(17)25)19(28)10-21-11-22(12-21,13-21)23(7-8-23)20(29)27-16-4-2-15(26)3-5-16/h1-6,9H,7-8,10-13H2,(H,27,29). The topological polar surface area (TPSA) is 46.2 Å². The Balaban J connectivity index is 1.23. The molecule has 3 nitrogen and oxygen atoms in total. The van der Waals surface area contributed by atoms with Crippen molar-refractivity contribution in [1.29, 1.82) is 0 Å². The van der Waals surface area contributed by atoms with Crippen LogP contribution in [0, 0.1) is 22.1 Å². The molecule has 4 saturated carbocycles. The fourth-order valence-corrected chi connectivity index (χ4v) is 6.01. The summed E-state index contributed by atoms with van der Waals surface area (Å²) in [7, 11) is 0. The minimum Gasteiger partial charge on any atom is -0.326 e. The molecule has 0 unspecified atom stereocenters. The Morgan fingerprint density at radius 1 is 0.966 bits per heavy atom. The van der Waals surface area contributed by atoms with Gasteiger partial charge in [-0.1, -0.05) is 23.2 Å². The summed E-state index contributed by atoms with van der Waals surface area (Å²) in [5.41, 5.74) is 0.937. The fourth-order valence-electron chi connectivity index (χ4n) is 5.71. The summed E-state index contributed by atoms with van der Waals surface area (Å²) in [6, 6.07) is 10.9. The van der Waals surface area contributed by atoms with Crippen LogP contribution < -0.4 is 5.32 Å². The zero-order valence-corrected chi connectivity index (χ0v) is 17.2. The van der Waals surface area contributed by atoms with Crippen LogP contribution in [0.5, 0.6) is 0 Å². The number of hydrogen-bond acceptors (Lipinski definition) is 2. The van der Waals surface area contributed by atoms with Crippen LogP contribution in [0.1, 0.15) is 48.9 Å². The molecule has 0 atom stereocenters. The maximum Gasteiger partial charge on any atom is 0.231 e. The van der Waals surface area contributed by atoms with Gasteiger partial charge in [-0.3, -0.25) is 9.59 Å². The van der Waals surface area contributed by atoms with Crippen LogP contribution >= 0.6 is 23.2 Å². The van der Waals surface area contributed by atoms with Crippen molar-refractivity contribution >= 4 is 40.6 Å². The summed E-state index contributed by atoms with van der Waals surface area (Å²) in [4.78, 5) is 25.7. The van der Waals surface area contributed by atoms with Crippen LogP contribution in [-0.4, -0.2) is 11.7 Å². The van der Waals surface area contributed by atoms with Gasteiger partial charge in [0.1, 0.15) is 5.82 Å². The lowest BCUT2D eigenvalue weighted by atomic mass is 9.30. The van der Waals surface area contributed by atoms with Crippen molar-refractivity contribution in [2.75, 3.05) is 5.32 Å². The number of carbonyl (C=O) groups excluding carboxylic acids is 2. The third-order valence-electron chi connectivity index (χ3n) is 7.22. The lowest BCUT2D eigenvalue weighted by Crippen LogP contribution is -2.68. The molecule has 0 heterocycles. The Morgan fingerprint density at radius 2 is 1.62 bits per heavy atom. The van der Waals surface area contributed by atoms with Gasteiger partial charge in [0.25, 0.3) is 0 Å². The Bertz CT molecular complexity index is 1010. The Morgan fingerprint density at radius 3 is 2.21 bits per heavy atom. The molecule has 6 rings (SSSR count). The minimum absolute atomic E-state index is 0.0228. The molecule has 4 aliphatic rings. The highest BCUT2D eigenvalue weighted by Gasteiger charge is 2.79. The van der Waals surface area contributed by atoms with Crippen molar-refractivity contribution in [2.45, 2.75) is 38.5 Å². The molecule has 4 aliphatic carbocycles. The number of nitrogens with one attached hydrogen (secondary N) is 1. The summed E-state index contributed by atoms with van der Waals surface area (Å²) < 4.78 is 13.1. The highest BCUT2D eigenvalue weighted by molar-refractivity contribution is 6.42. The molecule has 0 saturated heterocycles. The van der Waals surface area contributed by atoms with E-state index in [9.17, 15) is 14.0 Å². The Labute approximate surface area is 178 Å². The largest absolute Gasteiger partial charge is 0.326 e. The molecule has 2 bridgehead atoms. The second-order valence-corrected chi connectivity index (χ2v) is 9.90. The van der Waals surface area contributed by atoms with Gasteiger partial charge in [-0.05, 0) is 85.4 Å². The van der Waals surface area contributed by atoms with Crippen LogP contribution in [0.2, 0.25) is 10.0 Å². The molecule has 6 heteroatoms. The molecule has 2 aromatic carbocycles. The second-order valence-electron chi connectivity index (χ2n) is 9.08. The van der Waals surface area contributed by atoms with E-state index in [2.05, 4.69) is 5.32 Å². The average Bonchev–Trinajstić information content (AvgIpc) is 3.43. The number of amides is 1. The van der Waals surface area contributed by atoms with Gasteiger partial charge in [0.15, 0.2) is 5.78 Å². The summed E-state index contributed by atoms with van der Waals surface area (Å²) in [6.45, 7) is 0. The van der Waals surface area contributed by atoms with E-state index in [1.807, 2.05) is 0 Å². The SMILES string of the molecule is O=C(CC12CC(C3(C(=O)Nc4ccc(F)cc4)CC3)(C1)C2)c1ccc(Cl)c(Cl)c1. The normalized spacial score (nSPS) is 28.1.